The van der Waals surface area contributed by atoms with Crippen molar-refractivity contribution in [1.29, 1.82) is 0 Å². The van der Waals surface area contributed by atoms with E-state index in [9.17, 15) is 0 Å². The SMILES string of the molecule is C=CCP(c1ccccc1)c1cccc2cc3ccccc3cc12. The summed E-state index contributed by atoms with van der Waals surface area (Å²) in [5.74, 6) is 0. The van der Waals surface area contributed by atoms with E-state index < -0.39 is 7.92 Å². The molecule has 0 nitrogen and oxygen atoms in total. The standard InChI is InChI=1S/C23H19P/c1-2-15-24(21-12-4-3-5-13-21)23-14-8-11-20-16-18-9-6-7-10-19(18)17-22(20)23/h2-14,16-17H,1,15H2. The Hall–Kier alpha value is -2.43. The van der Waals surface area contributed by atoms with Crippen LogP contribution in [0.4, 0.5) is 0 Å². The van der Waals surface area contributed by atoms with Crippen molar-refractivity contribution in [3.63, 3.8) is 0 Å². The Morgan fingerprint density at radius 3 is 2.12 bits per heavy atom. The quantitative estimate of drug-likeness (QED) is 0.260. The first-order valence-electron chi connectivity index (χ1n) is 8.22. The molecule has 0 aliphatic rings. The van der Waals surface area contributed by atoms with Gasteiger partial charge in [0.2, 0.25) is 0 Å². The number of hydrogen-bond acceptors (Lipinski definition) is 0. The maximum absolute atomic E-state index is 4.00. The monoisotopic (exact) mass is 326 g/mol. The summed E-state index contributed by atoms with van der Waals surface area (Å²) < 4.78 is 0. The van der Waals surface area contributed by atoms with E-state index >= 15 is 0 Å². The number of benzene rings is 4. The van der Waals surface area contributed by atoms with Crippen LogP contribution in [-0.2, 0) is 0 Å². The highest BCUT2D eigenvalue weighted by Crippen LogP contribution is 2.37. The fraction of sp³-hybridized carbons (Fsp3) is 0.0435. The van der Waals surface area contributed by atoms with Crippen molar-refractivity contribution >= 4 is 40.1 Å². The fourth-order valence-electron chi connectivity index (χ4n) is 3.27. The van der Waals surface area contributed by atoms with Gasteiger partial charge in [0, 0.05) is 0 Å². The number of hydrogen-bond donors (Lipinski definition) is 0. The maximum atomic E-state index is 4.00. The number of fused-ring (bicyclic) bond motifs is 2. The third-order valence-corrected chi connectivity index (χ3v) is 6.91. The van der Waals surface area contributed by atoms with Gasteiger partial charge in [0.05, 0.1) is 0 Å². The minimum Gasteiger partial charge on any atom is -0.103 e. The maximum Gasteiger partial charge on any atom is -0.00667 e. The first-order chi connectivity index (χ1) is 11.9. The molecule has 0 spiro atoms. The molecule has 1 atom stereocenters. The molecule has 0 bridgehead atoms. The van der Waals surface area contributed by atoms with Crippen molar-refractivity contribution in [3.8, 4) is 0 Å². The van der Waals surface area contributed by atoms with Gasteiger partial charge in [0.1, 0.15) is 0 Å². The first kappa shape index (κ1) is 15.1. The van der Waals surface area contributed by atoms with Gasteiger partial charge in [0.15, 0.2) is 0 Å². The normalized spacial score (nSPS) is 12.3. The van der Waals surface area contributed by atoms with Gasteiger partial charge >= 0.3 is 0 Å². The van der Waals surface area contributed by atoms with Crippen molar-refractivity contribution in [1.82, 2.24) is 0 Å². The van der Waals surface area contributed by atoms with E-state index in [0.29, 0.717) is 0 Å². The summed E-state index contributed by atoms with van der Waals surface area (Å²) in [6.45, 7) is 4.00. The van der Waals surface area contributed by atoms with E-state index in [1.807, 2.05) is 0 Å². The second-order valence-electron chi connectivity index (χ2n) is 5.93. The van der Waals surface area contributed by atoms with Gasteiger partial charge in [0.25, 0.3) is 0 Å². The summed E-state index contributed by atoms with van der Waals surface area (Å²) >= 11 is 0. The molecule has 0 aliphatic heterocycles. The predicted octanol–water partition coefficient (Wildman–Crippen LogP) is 5.61. The second kappa shape index (κ2) is 6.59. The second-order valence-corrected chi connectivity index (χ2v) is 8.15. The van der Waals surface area contributed by atoms with Crippen LogP contribution in [0.15, 0.2) is 97.6 Å². The zero-order valence-electron chi connectivity index (χ0n) is 13.5. The topological polar surface area (TPSA) is 0 Å². The van der Waals surface area contributed by atoms with Crippen LogP contribution in [0, 0.1) is 0 Å². The largest absolute Gasteiger partial charge is 0.103 e. The molecule has 0 N–H and O–H groups in total. The number of allylic oxidation sites excluding steroid dienone is 1. The molecule has 0 fully saturated rings. The van der Waals surface area contributed by atoms with Gasteiger partial charge < -0.3 is 0 Å². The van der Waals surface area contributed by atoms with Gasteiger partial charge in [-0.25, -0.2) is 0 Å². The van der Waals surface area contributed by atoms with Gasteiger partial charge in [-0.1, -0.05) is 78.9 Å². The Morgan fingerprint density at radius 2 is 1.38 bits per heavy atom. The van der Waals surface area contributed by atoms with Crippen molar-refractivity contribution in [2.75, 3.05) is 6.16 Å². The third-order valence-electron chi connectivity index (χ3n) is 4.39. The Labute approximate surface area is 144 Å². The summed E-state index contributed by atoms with van der Waals surface area (Å²) in [4.78, 5) is 0. The molecule has 116 valence electrons. The molecule has 0 aromatic heterocycles. The average Bonchev–Trinajstić information content (AvgIpc) is 2.65. The summed E-state index contributed by atoms with van der Waals surface area (Å²) in [7, 11) is -0.424. The smallest absolute Gasteiger partial charge is 0.00667 e. The van der Waals surface area contributed by atoms with E-state index in [1.54, 1.807) is 0 Å². The molecule has 0 saturated heterocycles. The van der Waals surface area contributed by atoms with Crippen molar-refractivity contribution in [2.45, 2.75) is 0 Å². The molecule has 24 heavy (non-hydrogen) atoms. The summed E-state index contributed by atoms with van der Waals surface area (Å²) in [6.07, 6.45) is 3.06. The van der Waals surface area contributed by atoms with E-state index in [2.05, 4.69) is 97.6 Å². The van der Waals surface area contributed by atoms with E-state index in [-0.39, 0.29) is 0 Å². The molecule has 0 aliphatic carbocycles. The van der Waals surface area contributed by atoms with Crippen LogP contribution >= 0.6 is 7.92 Å². The fourth-order valence-corrected chi connectivity index (χ4v) is 5.49. The lowest BCUT2D eigenvalue weighted by Crippen LogP contribution is -2.14. The first-order valence-corrected chi connectivity index (χ1v) is 9.74. The number of rotatable bonds is 4. The Kier molecular flexibility index (Phi) is 4.15. The van der Waals surface area contributed by atoms with Crippen LogP contribution in [0.5, 0.6) is 0 Å². The highest BCUT2D eigenvalue weighted by atomic mass is 31.1. The summed E-state index contributed by atoms with van der Waals surface area (Å²) in [6, 6.07) is 30.8. The predicted molar refractivity (Wildman–Crippen MR) is 109 cm³/mol. The van der Waals surface area contributed by atoms with Gasteiger partial charge in [-0.15, -0.1) is 6.58 Å². The molecule has 1 unspecified atom stereocenters. The Morgan fingerprint density at radius 1 is 0.708 bits per heavy atom. The molecular formula is C23H19P. The zero-order chi connectivity index (χ0) is 16.4. The lowest BCUT2D eigenvalue weighted by molar-refractivity contribution is 1.72. The summed E-state index contributed by atoms with van der Waals surface area (Å²) in [5, 5.41) is 8.15. The average molecular weight is 326 g/mol. The lowest BCUT2D eigenvalue weighted by atomic mass is 10.0. The van der Waals surface area contributed by atoms with Crippen LogP contribution in [-0.4, -0.2) is 6.16 Å². The van der Waals surface area contributed by atoms with E-state index in [4.69, 9.17) is 0 Å². The zero-order valence-corrected chi connectivity index (χ0v) is 14.4. The van der Waals surface area contributed by atoms with Crippen LogP contribution < -0.4 is 10.6 Å². The molecule has 0 saturated carbocycles. The van der Waals surface area contributed by atoms with E-state index in [0.717, 1.165) is 6.16 Å². The Bertz CT molecular complexity index is 1000. The van der Waals surface area contributed by atoms with Crippen molar-refractivity contribution in [3.05, 3.63) is 97.6 Å². The molecule has 4 rings (SSSR count). The van der Waals surface area contributed by atoms with Gasteiger partial charge in [-0.3, -0.25) is 0 Å². The highest BCUT2D eigenvalue weighted by molar-refractivity contribution is 7.73. The molecule has 0 heterocycles. The highest BCUT2D eigenvalue weighted by Gasteiger charge is 2.15. The molecule has 1 heteroatoms. The molecule has 4 aromatic carbocycles. The third kappa shape index (κ3) is 2.75. The molecule has 0 amide bonds. The molecule has 0 radical (unpaired) electrons. The van der Waals surface area contributed by atoms with Crippen LogP contribution in [0.3, 0.4) is 0 Å². The van der Waals surface area contributed by atoms with E-state index in [1.165, 1.54) is 32.2 Å². The van der Waals surface area contributed by atoms with Crippen molar-refractivity contribution in [2.24, 2.45) is 0 Å². The molecular weight excluding hydrogens is 307 g/mol. The molecule has 4 aromatic rings. The minimum absolute atomic E-state index is 0.424. The van der Waals surface area contributed by atoms with Gasteiger partial charge in [-0.2, -0.15) is 0 Å². The lowest BCUT2D eigenvalue weighted by Gasteiger charge is -2.19. The van der Waals surface area contributed by atoms with Crippen LogP contribution in [0.1, 0.15) is 0 Å². The minimum atomic E-state index is -0.424. The van der Waals surface area contributed by atoms with Crippen LogP contribution in [0.2, 0.25) is 0 Å². The Balaban J connectivity index is 1.97. The van der Waals surface area contributed by atoms with Gasteiger partial charge in [-0.05, 0) is 58.4 Å². The summed E-state index contributed by atoms with van der Waals surface area (Å²) in [5.41, 5.74) is 0. The van der Waals surface area contributed by atoms with Crippen LogP contribution in [0.25, 0.3) is 21.5 Å². The van der Waals surface area contributed by atoms with Crippen molar-refractivity contribution < 1.29 is 0 Å².